The molecule has 0 N–H and O–H groups in total. The van der Waals surface area contributed by atoms with E-state index in [4.69, 9.17) is 9.47 Å². The highest BCUT2D eigenvalue weighted by Crippen LogP contribution is 2.41. The maximum Gasteiger partial charge on any atom is 0.265 e. The zero-order valence-electron chi connectivity index (χ0n) is 16.6. The molecule has 2 aliphatic heterocycles. The first-order chi connectivity index (χ1) is 13.7. The van der Waals surface area contributed by atoms with Gasteiger partial charge in [0, 0.05) is 17.7 Å². The Morgan fingerprint density at radius 1 is 1.17 bits per heavy atom. The molecule has 0 bridgehead atoms. The second-order valence-corrected chi connectivity index (χ2v) is 10.5. The molecule has 29 heavy (non-hydrogen) atoms. The van der Waals surface area contributed by atoms with E-state index in [2.05, 4.69) is 0 Å². The van der Waals surface area contributed by atoms with Crippen LogP contribution in [0.2, 0.25) is 0 Å². The first kappa shape index (κ1) is 19.8. The van der Waals surface area contributed by atoms with Crippen molar-refractivity contribution in [1.29, 1.82) is 0 Å². The van der Waals surface area contributed by atoms with Gasteiger partial charge in [-0.25, -0.2) is 8.42 Å². The van der Waals surface area contributed by atoms with Crippen LogP contribution < -0.4 is 14.4 Å². The van der Waals surface area contributed by atoms with Crippen LogP contribution in [-0.4, -0.2) is 44.1 Å². The molecule has 0 aliphatic carbocycles. The Balaban J connectivity index is 1.54. The van der Waals surface area contributed by atoms with Gasteiger partial charge in [0.25, 0.3) is 5.91 Å². The normalized spacial score (nSPS) is 21.2. The topological polar surface area (TPSA) is 72.9 Å². The summed E-state index contributed by atoms with van der Waals surface area (Å²) >= 11 is 0. The molecule has 2 heterocycles. The summed E-state index contributed by atoms with van der Waals surface area (Å²) in [6.45, 7) is 3.84. The first-order valence-electron chi connectivity index (χ1n) is 9.75. The van der Waals surface area contributed by atoms with Crippen molar-refractivity contribution in [2.24, 2.45) is 0 Å². The summed E-state index contributed by atoms with van der Waals surface area (Å²) in [7, 11) is -3.12. The first-order valence-corrected chi connectivity index (χ1v) is 11.6. The molecule has 1 unspecified atom stereocenters. The van der Waals surface area contributed by atoms with Crippen LogP contribution >= 0.6 is 0 Å². The Morgan fingerprint density at radius 3 is 2.62 bits per heavy atom. The highest BCUT2D eigenvalue weighted by atomic mass is 32.2. The Morgan fingerprint density at radius 2 is 1.93 bits per heavy atom. The van der Waals surface area contributed by atoms with Crippen molar-refractivity contribution < 1.29 is 22.7 Å². The van der Waals surface area contributed by atoms with Gasteiger partial charge < -0.3 is 14.4 Å². The monoisotopic (exact) mass is 415 g/mol. The van der Waals surface area contributed by atoms with Gasteiger partial charge >= 0.3 is 0 Å². The molecular weight excluding hydrogens is 390 g/mol. The third kappa shape index (κ3) is 4.24. The van der Waals surface area contributed by atoms with E-state index in [-0.39, 0.29) is 35.7 Å². The smallest absolute Gasteiger partial charge is 0.265 e. The number of nitrogens with zero attached hydrogens (tertiary/aromatic N) is 1. The van der Waals surface area contributed by atoms with Crippen molar-refractivity contribution in [3.8, 4) is 11.5 Å². The maximum absolute atomic E-state index is 13.1. The summed E-state index contributed by atoms with van der Waals surface area (Å²) in [4.78, 5) is 14.7. The zero-order valence-corrected chi connectivity index (χ0v) is 17.4. The Kier molecular flexibility index (Phi) is 5.02. The van der Waals surface area contributed by atoms with Crippen LogP contribution in [0.1, 0.15) is 25.8 Å². The zero-order chi connectivity index (χ0) is 20.6. The van der Waals surface area contributed by atoms with Gasteiger partial charge in [0.2, 0.25) is 0 Å². The molecule has 0 radical (unpaired) electrons. The summed E-state index contributed by atoms with van der Waals surface area (Å²) in [6, 6.07) is 14.5. The van der Waals surface area contributed by atoms with E-state index in [1.165, 1.54) is 0 Å². The number of hydrogen-bond donors (Lipinski definition) is 0. The number of amides is 1. The molecule has 4 rings (SSSR count). The molecule has 154 valence electrons. The predicted octanol–water partition coefficient (Wildman–Crippen LogP) is 3.00. The van der Waals surface area contributed by atoms with Crippen LogP contribution in [0.25, 0.3) is 0 Å². The summed E-state index contributed by atoms with van der Waals surface area (Å²) in [5.74, 6) is 1.03. The standard InChI is InChI=1S/C22H25NO5S/c1-22(2)13-16-7-6-10-19(21(16)28-22)27-14-20(24)23(17-8-4-3-5-9-17)18-11-12-29(25,26)15-18/h3-10,18H,11-15H2,1-2H3. The minimum absolute atomic E-state index is 0.0222. The quantitative estimate of drug-likeness (QED) is 0.751. The van der Waals surface area contributed by atoms with Crippen molar-refractivity contribution in [2.45, 2.75) is 38.3 Å². The average molecular weight is 416 g/mol. The Labute approximate surface area is 171 Å². The lowest BCUT2D eigenvalue weighted by atomic mass is 10.0. The number of sulfone groups is 1. The fourth-order valence-electron chi connectivity index (χ4n) is 4.04. The third-order valence-electron chi connectivity index (χ3n) is 5.28. The van der Waals surface area contributed by atoms with Crippen LogP contribution in [0, 0.1) is 0 Å². The predicted molar refractivity (Wildman–Crippen MR) is 111 cm³/mol. The van der Waals surface area contributed by atoms with Gasteiger partial charge in [-0.3, -0.25) is 4.79 Å². The lowest BCUT2D eigenvalue weighted by molar-refractivity contribution is -0.121. The molecule has 0 spiro atoms. The van der Waals surface area contributed by atoms with Crippen LogP contribution in [-0.2, 0) is 21.1 Å². The minimum Gasteiger partial charge on any atom is -0.483 e. The molecule has 2 aliphatic rings. The lowest BCUT2D eigenvalue weighted by Crippen LogP contribution is -2.43. The van der Waals surface area contributed by atoms with Crippen molar-refractivity contribution in [3.63, 3.8) is 0 Å². The molecule has 2 aromatic carbocycles. The molecule has 0 aromatic heterocycles. The number of fused-ring (bicyclic) bond motifs is 1. The SMILES string of the molecule is CC1(C)Cc2cccc(OCC(=O)N(c3ccccc3)C3CCS(=O)(=O)C3)c2O1. The molecule has 1 amide bonds. The van der Waals surface area contributed by atoms with Crippen molar-refractivity contribution in [2.75, 3.05) is 23.0 Å². The van der Waals surface area contributed by atoms with Gasteiger partial charge in [-0.2, -0.15) is 0 Å². The van der Waals surface area contributed by atoms with Gasteiger partial charge in [0.05, 0.1) is 17.5 Å². The van der Waals surface area contributed by atoms with Crippen LogP contribution in [0.4, 0.5) is 5.69 Å². The van der Waals surface area contributed by atoms with Crippen molar-refractivity contribution in [1.82, 2.24) is 0 Å². The molecule has 2 aromatic rings. The van der Waals surface area contributed by atoms with Gasteiger partial charge in [-0.05, 0) is 38.5 Å². The van der Waals surface area contributed by atoms with Gasteiger partial charge in [-0.1, -0.05) is 30.3 Å². The second kappa shape index (κ2) is 7.37. The van der Waals surface area contributed by atoms with E-state index >= 15 is 0 Å². The molecule has 1 atom stereocenters. The van der Waals surface area contributed by atoms with Crippen molar-refractivity contribution in [3.05, 3.63) is 54.1 Å². The van der Waals surface area contributed by atoms with Crippen LogP contribution in [0.5, 0.6) is 11.5 Å². The van der Waals surface area contributed by atoms with E-state index in [0.29, 0.717) is 23.6 Å². The van der Waals surface area contributed by atoms with Gasteiger partial charge in [-0.15, -0.1) is 0 Å². The number of para-hydroxylation sites is 2. The fourth-order valence-corrected chi connectivity index (χ4v) is 5.74. The highest BCUT2D eigenvalue weighted by Gasteiger charge is 2.36. The highest BCUT2D eigenvalue weighted by molar-refractivity contribution is 7.91. The number of anilines is 1. The Bertz CT molecular complexity index is 1020. The third-order valence-corrected chi connectivity index (χ3v) is 7.03. The molecule has 1 fully saturated rings. The van der Waals surface area contributed by atoms with E-state index in [9.17, 15) is 13.2 Å². The molecule has 0 saturated carbocycles. The molecular formula is C22H25NO5S. The summed E-state index contributed by atoms with van der Waals surface area (Å²) < 4.78 is 35.8. The minimum atomic E-state index is -3.12. The number of hydrogen-bond acceptors (Lipinski definition) is 5. The summed E-state index contributed by atoms with van der Waals surface area (Å²) in [5, 5.41) is 0. The largest absolute Gasteiger partial charge is 0.483 e. The second-order valence-electron chi connectivity index (χ2n) is 8.23. The Hall–Kier alpha value is -2.54. The number of ether oxygens (including phenoxy) is 2. The van der Waals surface area contributed by atoms with Crippen LogP contribution in [0.15, 0.2) is 48.5 Å². The average Bonchev–Trinajstić information content (AvgIpc) is 3.18. The van der Waals surface area contributed by atoms with Gasteiger partial charge in [0.1, 0.15) is 5.60 Å². The summed E-state index contributed by atoms with van der Waals surface area (Å²) in [5.41, 5.74) is 1.43. The lowest BCUT2D eigenvalue weighted by Gasteiger charge is -2.28. The maximum atomic E-state index is 13.1. The van der Waals surface area contributed by atoms with Crippen LogP contribution in [0.3, 0.4) is 0 Å². The fraction of sp³-hybridized carbons (Fsp3) is 0.409. The summed E-state index contributed by atoms with van der Waals surface area (Å²) in [6.07, 6.45) is 1.21. The van der Waals surface area contributed by atoms with E-state index in [1.807, 2.05) is 56.3 Å². The number of carbonyl (C=O) groups excluding carboxylic acids is 1. The molecule has 6 nitrogen and oxygen atoms in total. The van der Waals surface area contributed by atoms with E-state index in [1.54, 1.807) is 11.0 Å². The van der Waals surface area contributed by atoms with E-state index < -0.39 is 9.84 Å². The van der Waals surface area contributed by atoms with Gasteiger partial charge in [0.15, 0.2) is 27.9 Å². The number of benzene rings is 2. The number of rotatable bonds is 5. The number of carbonyl (C=O) groups is 1. The van der Waals surface area contributed by atoms with Crippen molar-refractivity contribution >= 4 is 21.4 Å². The molecule has 7 heteroatoms. The van der Waals surface area contributed by atoms with E-state index in [0.717, 1.165) is 12.0 Å². The molecule has 1 saturated heterocycles.